The smallest absolute Gasteiger partial charge is 0.244 e. The summed E-state index contributed by atoms with van der Waals surface area (Å²) in [5, 5.41) is 5.85. The zero-order chi connectivity index (χ0) is 20.2. The lowest BCUT2D eigenvalue weighted by Gasteiger charge is -2.22. The van der Waals surface area contributed by atoms with E-state index < -0.39 is 0 Å². The van der Waals surface area contributed by atoms with Crippen LogP contribution in [0.4, 0.5) is 5.69 Å². The largest absolute Gasteiger partial charge is 0.486 e. The van der Waals surface area contributed by atoms with Gasteiger partial charge in [0.05, 0.1) is 6.04 Å². The zero-order valence-electron chi connectivity index (χ0n) is 16.3. The first-order valence-corrected chi connectivity index (χ1v) is 9.84. The lowest BCUT2D eigenvalue weighted by molar-refractivity contribution is -0.117. The molecule has 2 aromatic rings. The first-order valence-electron chi connectivity index (χ1n) is 9.84. The summed E-state index contributed by atoms with van der Waals surface area (Å²) < 4.78 is 11.3. The van der Waals surface area contributed by atoms with Gasteiger partial charge in [-0.3, -0.25) is 9.59 Å². The molecule has 0 bridgehead atoms. The lowest BCUT2D eigenvalue weighted by atomic mass is 10.0. The van der Waals surface area contributed by atoms with E-state index in [1.54, 1.807) is 24.3 Å². The summed E-state index contributed by atoms with van der Waals surface area (Å²) in [6.45, 7) is 2.57. The summed E-state index contributed by atoms with van der Waals surface area (Å²) in [4.78, 5) is 23.6. The fourth-order valence-corrected chi connectivity index (χ4v) is 3.41. The van der Waals surface area contributed by atoms with Crippen molar-refractivity contribution in [1.29, 1.82) is 0 Å². The molecule has 1 saturated carbocycles. The molecule has 1 aliphatic carbocycles. The van der Waals surface area contributed by atoms with Crippen molar-refractivity contribution >= 4 is 23.6 Å². The van der Waals surface area contributed by atoms with Crippen LogP contribution in [0.25, 0.3) is 6.08 Å². The number of fused-ring (bicyclic) bond motifs is 1. The SMILES string of the molecule is CC(=O)Nc1ccc(/C=C/C(=O)NC(c2ccc3c(c2)OCCO3)C2CC2)cc1. The number of hydrogen-bond acceptors (Lipinski definition) is 4. The average Bonchev–Trinajstić information content (AvgIpc) is 3.56. The lowest BCUT2D eigenvalue weighted by Crippen LogP contribution is -2.28. The second-order valence-electron chi connectivity index (χ2n) is 7.36. The minimum Gasteiger partial charge on any atom is -0.486 e. The van der Waals surface area contributed by atoms with E-state index in [1.165, 1.54) is 6.92 Å². The fraction of sp³-hybridized carbons (Fsp3) is 0.304. The van der Waals surface area contributed by atoms with Crippen LogP contribution in [0.2, 0.25) is 0 Å². The minimum absolute atomic E-state index is 0.0369. The van der Waals surface area contributed by atoms with Crippen LogP contribution in [0.5, 0.6) is 11.5 Å². The second-order valence-corrected chi connectivity index (χ2v) is 7.36. The molecule has 0 radical (unpaired) electrons. The molecule has 6 nitrogen and oxygen atoms in total. The molecule has 2 amide bonds. The number of amides is 2. The fourth-order valence-electron chi connectivity index (χ4n) is 3.41. The van der Waals surface area contributed by atoms with Crippen LogP contribution in [0.3, 0.4) is 0 Å². The standard InChI is InChI=1S/C23H24N2O4/c1-15(26)24-19-8-2-16(3-9-19)4-11-22(27)25-23(17-5-6-17)18-7-10-20-21(14-18)29-13-12-28-20/h2-4,7-11,14,17,23H,5-6,12-13H2,1H3,(H,24,26)(H,25,27)/b11-4+. The third-order valence-corrected chi connectivity index (χ3v) is 4.97. The first-order chi connectivity index (χ1) is 14.1. The Morgan fingerprint density at radius 2 is 1.76 bits per heavy atom. The normalized spacial score (nSPS) is 16.3. The molecule has 0 aromatic heterocycles. The van der Waals surface area contributed by atoms with E-state index in [2.05, 4.69) is 10.6 Å². The molecule has 1 atom stereocenters. The van der Waals surface area contributed by atoms with Crippen molar-refractivity contribution < 1.29 is 19.1 Å². The molecule has 0 saturated heterocycles. The number of nitrogens with one attached hydrogen (secondary N) is 2. The number of carbonyl (C=O) groups excluding carboxylic acids is 2. The van der Waals surface area contributed by atoms with Crippen molar-refractivity contribution in [2.45, 2.75) is 25.8 Å². The number of ether oxygens (including phenoxy) is 2. The third kappa shape index (κ3) is 4.96. The molecule has 1 aliphatic heterocycles. The highest BCUT2D eigenvalue weighted by atomic mass is 16.6. The van der Waals surface area contributed by atoms with Crippen molar-refractivity contribution in [3.05, 3.63) is 59.7 Å². The molecule has 6 heteroatoms. The Balaban J connectivity index is 1.41. The van der Waals surface area contributed by atoms with Crippen molar-refractivity contribution in [3.8, 4) is 11.5 Å². The number of hydrogen-bond donors (Lipinski definition) is 2. The highest BCUT2D eigenvalue weighted by Crippen LogP contribution is 2.43. The van der Waals surface area contributed by atoms with Crippen molar-refractivity contribution in [2.24, 2.45) is 5.92 Å². The van der Waals surface area contributed by atoms with Gasteiger partial charge in [-0.05, 0) is 60.2 Å². The van der Waals surface area contributed by atoms with Crippen LogP contribution in [0, 0.1) is 5.92 Å². The van der Waals surface area contributed by atoms with Gasteiger partial charge in [-0.1, -0.05) is 18.2 Å². The van der Waals surface area contributed by atoms with E-state index >= 15 is 0 Å². The van der Waals surface area contributed by atoms with Gasteiger partial charge >= 0.3 is 0 Å². The van der Waals surface area contributed by atoms with Crippen LogP contribution < -0.4 is 20.1 Å². The van der Waals surface area contributed by atoms with E-state index in [0.717, 1.165) is 41.2 Å². The molecule has 2 aliphatic rings. The van der Waals surface area contributed by atoms with E-state index in [-0.39, 0.29) is 17.9 Å². The number of carbonyl (C=O) groups is 2. The maximum absolute atomic E-state index is 12.5. The Labute approximate surface area is 169 Å². The van der Waals surface area contributed by atoms with Gasteiger partial charge in [0.2, 0.25) is 11.8 Å². The topological polar surface area (TPSA) is 76.7 Å². The Hall–Kier alpha value is -3.28. The first kappa shape index (κ1) is 19.1. The summed E-state index contributed by atoms with van der Waals surface area (Å²) in [6, 6.07) is 13.2. The maximum Gasteiger partial charge on any atom is 0.244 e. The Kier molecular flexibility index (Phi) is 5.51. The molecule has 2 aromatic carbocycles. The van der Waals surface area contributed by atoms with Crippen LogP contribution in [-0.4, -0.2) is 25.0 Å². The molecule has 2 N–H and O–H groups in total. The molecule has 150 valence electrons. The van der Waals surface area contributed by atoms with Crippen LogP contribution in [0.1, 0.15) is 36.9 Å². The van der Waals surface area contributed by atoms with Gasteiger partial charge in [0.1, 0.15) is 13.2 Å². The monoisotopic (exact) mass is 392 g/mol. The van der Waals surface area contributed by atoms with Gasteiger partial charge in [-0.2, -0.15) is 0 Å². The van der Waals surface area contributed by atoms with Gasteiger partial charge in [-0.15, -0.1) is 0 Å². The van der Waals surface area contributed by atoms with Gasteiger partial charge < -0.3 is 20.1 Å². The minimum atomic E-state index is -0.136. The summed E-state index contributed by atoms with van der Waals surface area (Å²) in [5.74, 6) is 1.69. The van der Waals surface area contributed by atoms with Gasteiger partial charge in [0, 0.05) is 18.7 Å². The molecular formula is C23H24N2O4. The molecule has 4 rings (SSSR count). The van der Waals surface area contributed by atoms with Crippen molar-refractivity contribution in [2.75, 3.05) is 18.5 Å². The van der Waals surface area contributed by atoms with Crippen LogP contribution >= 0.6 is 0 Å². The predicted octanol–water partition coefficient (Wildman–Crippen LogP) is 3.70. The Bertz CT molecular complexity index is 932. The van der Waals surface area contributed by atoms with Gasteiger partial charge in [-0.25, -0.2) is 0 Å². The summed E-state index contributed by atoms with van der Waals surface area (Å²) in [6.07, 6.45) is 5.52. The molecule has 1 unspecified atom stereocenters. The number of benzene rings is 2. The van der Waals surface area contributed by atoms with Crippen molar-refractivity contribution in [1.82, 2.24) is 5.32 Å². The van der Waals surface area contributed by atoms with E-state index in [9.17, 15) is 9.59 Å². The Morgan fingerprint density at radius 1 is 1.03 bits per heavy atom. The quantitative estimate of drug-likeness (QED) is 0.735. The summed E-state index contributed by atoms with van der Waals surface area (Å²) in [5.41, 5.74) is 2.65. The maximum atomic E-state index is 12.5. The molecule has 1 fully saturated rings. The van der Waals surface area contributed by atoms with E-state index in [1.807, 2.05) is 30.3 Å². The average molecular weight is 392 g/mol. The number of rotatable bonds is 6. The van der Waals surface area contributed by atoms with Crippen LogP contribution in [-0.2, 0) is 9.59 Å². The molecule has 0 spiro atoms. The molecule has 29 heavy (non-hydrogen) atoms. The highest BCUT2D eigenvalue weighted by molar-refractivity contribution is 5.92. The van der Waals surface area contributed by atoms with E-state index in [4.69, 9.17) is 9.47 Å². The third-order valence-electron chi connectivity index (χ3n) is 4.97. The summed E-state index contributed by atoms with van der Waals surface area (Å²) in [7, 11) is 0. The van der Waals surface area contributed by atoms with Crippen LogP contribution in [0.15, 0.2) is 48.5 Å². The number of anilines is 1. The van der Waals surface area contributed by atoms with Gasteiger partial charge in [0.25, 0.3) is 0 Å². The molecular weight excluding hydrogens is 368 g/mol. The Morgan fingerprint density at radius 3 is 2.45 bits per heavy atom. The summed E-state index contributed by atoms with van der Waals surface area (Å²) >= 11 is 0. The second kappa shape index (κ2) is 8.39. The highest BCUT2D eigenvalue weighted by Gasteiger charge is 2.33. The van der Waals surface area contributed by atoms with Gasteiger partial charge in [0.15, 0.2) is 11.5 Å². The zero-order valence-corrected chi connectivity index (χ0v) is 16.3. The molecule has 1 heterocycles. The van der Waals surface area contributed by atoms with Crippen molar-refractivity contribution in [3.63, 3.8) is 0 Å². The van der Waals surface area contributed by atoms with E-state index in [0.29, 0.717) is 19.1 Å². The predicted molar refractivity (Wildman–Crippen MR) is 111 cm³/mol.